The van der Waals surface area contributed by atoms with E-state index in [1.54, 1.807) is 0 Å². The van der Waals surface area contributed by atoms with Crippen molar-refractivity contribution in [3.05, 3.63) is 0 Å². The van der Waals surface area contributed by atoms with Crippen molar-refractivity contribution in [2.24, 2.45) is 5.92 Å². The molecule has 0 bridgehead atoms. The smallest absolute Gasteiger partial charge is 0.287 e. The third-order valence-electron chi connectivity index (χ3n) is 2.50. The number of Topliss-reactive ketones (excluding diaryl/α,β-unsaturated/α-hetero) is 1. The van der Waals surface area contributed by atoms with Gasteiger partial charge in [0.05, 0.1) is 0 Å². The molecule has 0 saturated carbocycles. The lowest BCUT2D eigenvalue weighted by Gasteiger charge is -2.21. The fourth-order valence-corrected chi connectivity index (χ4v) is 1.55. The van der Waals surface area contributed by atoms with Crippen molar-refractivity contribution in [3.8, 4) is 0 Å². The molecule has 0 radical (unpaired) electrons. The molecule has 80 valence electrons. The lowest BCUT2D eigenvalue weighted by atomic mass is 9.97. The summed E-state index contributed by atoms with van der Waals surface area (Å²) in [5.74, 6) is -0.259. The Kier molecular flexibility index (Phi) is 4.59. The molecule has 1 saturated heterocycles. The van der Waals surface area contributed by atoms with Crippen molar-refractivity contribution in [1.29, 1.82) is 0 Å². The van der Waals surface area contributed by atoms with Crippen LogP contribution < -0.4 is 5.32 Å². The van der Waals surface area contributed by atoms with E-state index >= 15 is 0 Å². The number of carbonyl (C=O) groups is 2. The second kappa shape index (κ2) is 5.75. The molecule has 0 aromatic rings. The van der Waals surface area contributed by atoms with E-state index in [2.05, 4.69) is 5.32 Å². The number of rotatable bonds is 4. The van der Waals surface area contributed by atoms with E-state index in [0.717, 1.165) is 32.5 Å². The van der Waals surface area contributed by atoms with Crippen molar-refractivity contribution >= 4 is 11.7 Å². The fraction of sp³-hybridized carbons (Fsp3) is 0.800. The zero-order valence-corrected chi connectivity index (χ0v) is 8.54. The van der Waals surface area contributed by atoms with Gasteiger partial charge < -0.3 is 10.1 Å². The van der Waals surface area contributed by atoms with Crippen LogP contribution in [0.1, 0.15) is 26.2 Å². The van der Waals surface area contributed by atoms with Gasteiger partial charge in [0.1, 0.15) is 0 Å². The Labute approximate surface area is 84.0 Å². The molecule has 1 heterocycles. The number of amides is 1. The highest BCUT2D eigenvalue weighted by molar-refractivity contribution is 6.35. The van der Waals surface area contributed by atoms with E-state index < -0.39 is 11.7 Å². The standard InChI is InChI=1S/C10H17NO3/c1-8(12)10(13)11-5-2-9-3-6-14-7-4-9/h9H,2-7H2,1H3,(H,11,13). The Morgan fingerprint density at radius 3 is 2.57 bits per heavy atom. The van der Waals surface area contributed by atoms with E-state index in [4.69, 9.17) is 4.74 Å². The van der Waals surface area contributed by atoms with Crippen LogP contribution in [0.25, 0.3) is 0 Å². The van der Waals surface area contributed by atoms with Crippen LogP contribution in [0.15, 0.2) is 0 Å². The van der Waals surface area contributed by atoms with Crippen molar-refractivity contribution in [1.82, 2.24) is 5.32 Å². The van der Waals surface area contributed by atoms with Crippen LogP contribution in [0, 0.1) is 5.92 Å². The molecular weight excluding hydrogens is 182 g/mol. The molecule has 1 N–H and O–H groups in total. The molecule has 0 unspecified atom stereocenters. The largest absolute Gasteiger partial charge is 0.381 e. The molecule has 0 spiro atoms. The Hall–Kier alpha value is -0.900. The zero-order chi connectivity index (χ0) is 10.4. The van der Waals surface area contributed by atoms with Gasteiger partial charge in [-0.15, -0.1) is 0 Å². The minimum Gasteiger partial charge on any atom is -0.381 e. The number of hydrogen-bond acceptors (Lipinski definition) is 3. The molecule has 0 atom stereocenters. The zero-order valence-electron chi connectivity index (χ0n) is 8.54. The average molecular weight is 199 g/mol. The summed E-state index contributed by atoms with van der Waals surface area (Å²) in [7, 11) is 0. The van der Waals surface area contributed by atoms with Crippen LogP contribution in [0.3, 0.4) is 0 Å². The van der Waals surface area contributed by atoms with Gasteiger partial charge >= 0.3 is 0 Å². The summed E-state index contributed by atoms with van der Waals surface area (Å²) in [5, 5.41) is 2.60. The minimum atomic E-state index is -0.475. The molecule has 0 aromatic heterocycles. The van der Waals surface area contributed by atoms with Crippen molar-refractivity contribution in [2.75, 3.05) is 19.8 Å². The number of nitrogens with one attached hydrogen (secondary N) is 1. The van der Waals surface area contributed by atoms with E-state index in [9.17, 15) is 9.59 Å². The molecule has 4 heteroatoms. The van der Waals surface area contributed by atoms with Crippen molar-refractivity contribution in [3.63, 3.8) is 0 Å². The number of ether oxygens (including phenoxy) is 1. The van der Waals surface area contributed by atoms with Gasteiger partial charge in [0.2, 0.25) is 5.78 Å². The fourth-order valence-electron chi connectivity index (χ4n) is 1.55. The highest BCUT2D eigenvalue weighted by Crippen LogP contribution is 2.17. The number of hydrogen-bond donors (Lipinski definition) is 1. The van der Waals surface area contributed by atoms with Crippen LogP contribution in [-0.2, 0) is 14.3 Å². The Morgan fingerprint density at radius 1 is 1.36 bits per heavy atom. The predicted octanol–water partition coefficient (Wildman–Crippen LogP) is 0.508. The molecule has 1 amide bonds. The quantitative estimate of drug-likeness (QED) is 0.671. The molecule has 1 rings (SSSR count). The molecule has 4 nitrogen and oxygen atoms in total. The van der Waals surface area contributed by atoms with Gasteiger partial charge in [-0.25, -0.2) is 0 Å². The first kappa shape index (κ1) is 11.2. The summed E-state index contributed by atoms with van der Waals surface area (Å²) in [6.45, 7) is 3.53. The second-order valence-electron chi connectivity index (χ2n) is 3.66. The molecule has 1 fully saturated rings. The topological polar surface area (TPSA) is 55.4 Å². The number of carbonyl (C=O) groups excluding carboxylic acids is 2. The Morgan fingerprint density at radius 2 is 2.00 bits per heavy atom. The van der Waals surface area contributed by atoms with Gasteiger partial charge in [0.25, 0.3) is 5.91 Å². The lowest BCUT2D eigenvalue weighted by Crippen LogP contribution is -2.31. The van der Waals surface area contributed by atoms with Crippen LogP contribution in [-0.4, -0.2) is 31.4 Å². The third-order valence-corrected chi connectivity index (χ3v) is 2.50. The van der Waals surface area contributed by atoms with E-state index in [1.807, 2.05) is 0 Å². The number of ketones is 1. The third kappa shape index (κ3) is 3.87. The first-order valence-electron chi connectivity index (χ1n) is 5.06. The molecule has 1 aliphatic rings. The second-order valence-corrected chi connectivity index (χ2v) is 3.66. The SMILES string of the molecule is CC(=O)C(=O)NCCC1CCOCC1. The molecule has 0 aromatic carbocycles. The van der Waals surface area contributed by atoms with Gasteiger partial charge in [-0.05, 0) is 25.2 Å². The predicted molar refractivity (Wildman–Crippen MR) is 51.9 cm³/mol. The van der Waals surface area contributed by atoms with Crippen molar-refractivity contribution in [2.45, 2.75) is 26.2 Å². The van der Waals surface area contributed by atoms with Crippen molar-refractivity contribution < 1.29 is 14.3 Å². The molecule has 1 aliphatic heterocycles. The summed E-state index contributed by atoms with van der Waals surface area (Å²) in [6.07, 6.45) is 3.08. The average Bonchev–Trinajstić information content (AvgIpc) is 2.19. The summed E-state index contributed by atoms with van der Waals surface area (Å²) < 4.78 is 5.22. The summed E-state index contributed by atoms with van der Waals surface area (Å²) in [5.41, 5.74) is 0. The van der Waals surface area contributed by atoms with Gasteiger partial charge in [0, 0.05) is 26.7 Å². The summed E-state index contributed by atoms with van der Waals surface area (Å²) in [6, 6.07) is 0. The lowest BCUT2D eigenvalue weighted by molar-refractivity contribution is -0.136. The van der Waals surface area contributed by atoms with E-state index in [-0.39, 0.29) is 0 Å². The van der Waals surface area contributed by atoms with Crippen LogP contribution in [0.5, 0.6) is 0 Å². The van der Waals surface area contributed by atoms with Gasteiger partial charge in [-0.1, -0.05) is 0 Å². The maximum absolute atomic E-state index is 10.9. The first-order chi connectivity index (χ1) is 6.70. The highest BCUT2D eigenvalue weighted by atomic mass is 16.5. The minimum absolute atomic E-state index is 0.419. The molecule has 0 aliphatic carbocycles. The molecule has 14 heavy (non-hydrogen) atoms. The maximum atomic E-state index is 10.9. The monoisotopic (exact) mass is 199 g/mol. The Balaban J connectivity index is 2.08. The Bertz CT molecular complexity index is 209. The van der Waals surface area contributed by atoms with Gasteiger partial charge in [0.15, 0.2) is 0 Å². The van der Waals surface area contributed by atoms with Gasteiger partial charge in [-0.3, -0.25) is 9.59 Å². The first-order valence-corrected chi connectivity index (χ1v) is 5.06. The van der Waals surface area contributed by atoms with Crippen LogP contribution in [0.4, 0.5) is 0 Å². The summed E-state index contributed by atoms with van der Waals surface area (Å²) >= 11 is 0. The summed E-state index contributed by atoms with van der Waals surface area (Å²) in [4.78, 5) is 21.5. The van der Waals surface area contributed by atoms with Crippen LogP contribution >= 0.6 is 0 Å². The van der Waals surface area contributed by atoms with E-state index in [0.29, 0.717) is 12.5 Å². The normalized spacial score (nSPS) is 17.8. The van der Waals surface area contributed by atoms with E-state index in [1.165, 1.54) is 6.92 Å². The maximum Gasteiger partial charge on any atom is 0.287 e. The highest BCUT2D eigenvalue weighted by Gasteiger charge is 2.14. The van der Waals surface area contributed by atoms with Crippen LogP contribution in [0.2, 0.25) is 0 Å². The molecular formula is C10H17NO3. The van der Waals surface area contributed by atoms with Gasteiger partial charge in [-0.2, -0.15) is 0 Å².